The molecule has 1 fully saturated rings. The van der Waals surface area contributed by atoms with E-state index in [4.69, 9.17) is 34.3 Å². The van der Waals surface area contributed by atoms with Crippen LogP contribution >= 0.6 is 23.8 Å². The molecular weight excluding hydrogens is 310 g/mol. The summed E-state index contributed by atoms with van der Waals surface area (Å²) in [4.78, 5) is 15.9. The van der Waals surface area contributed by atoms with Gasteiger partial charge in [0, 0.05) is 42.5 Å². The molecule has 0 aliphatic carbocycles. The maximum absolute atomic E-state index is 11.7. The third-order valence-corrected chi connectivity index (χ3v) is 3.83. The number of ether oxygens (including phenoxy) is 1. The molecular formula is C14H18ClN3O2S. The summed E-state index contributed by atoms with van der Waals surface area (Å²) in [5.41, 5.74) is 7.48. The van der Waals surface area contributed by atoms with Crippen molar-refractivity contribution in [3.05, 3.63) is 28.8 Å². The minimum absolute atomic E-state index is 0.266. The van der Waals surface area contributed by atoms with Crippen molar-refractivity contribution in [3.63, 3.8) is 0 Å². The van der Waals surface area contributed by atoms with Crippen molar-refractivity contribution in [3.8, 4) is 0 Å². The molecule has 0 bridgehead atoms. The number of nitrogens with zero attached hydrogens (tertiary/aromatic N) is 2. The third-order valence-electron chi connectivity index (χ3n) is 3.37. The lowest BCUT2D eigenvalue weighted by Crippen LogP contribution is -2.49. The highest BCUT2D eigenvalue weighted by molar-refractivity contribution is 7.80. The van der Waals surface area contributed by atoms with Gasteiger partial charge in [-0.1, -0.05) is 23.8 Å². The van der Waals surface area contributed by atoms with Crippen molar-refractivity contribution in [2.75, 3.05) is 37.7 Å². The van der Waals surface area contributed by atoms with E-state index in [9.17, 15) is 4.79 Å². The predicted octanol–water partition coefficient (Wildman–Crippen LogP) is 2.25. The van der Waals surface area contributed by atoms with Gasteiger partial charge >= 0.3 is 6.09 Å². The van der Waals surface area contributed by atoms with Crippen molar-refractivity contribution >= 4 is 40.6 Å². The molecule has 0 radical (unpaired) electrons. The largest absolute Gasteiger partial charge is 0.450 e. The predicted molar refractivity (Wildman–Crippen MR) is 88.1 cm³/mol. The molecule has 2 rings (SSSR count). The normalized spacial score (nSPS) is 15.0. The third kappa shape index (κ3) is 3.77. The molecule has 0 saturated carbocycles. The molecule has 2 N–H and O–H groups in total. The number of benzene rings is 1. The highest BCUT2D eigenvalue weighted by Gasteiger charge is 2.23. The summed E-state index contributed by atoms with van der Waals surface area (Å²) in [6.07, 6.45) is -0.266. The zero-order valence-electron chi connectivity index (χ0n) is 11.8. The molecule has 1 aromatic rings. The van der Waals surface area contributed by atoms with Crippen molar-refractivity contribution in [1.29, 1.82) is 0 Å². The van der Waals surface area contributed by atoms with Gasteiger partial charge in [-0.25, -0.2) is 4.79 Å². The van der Waals surface area contributed by atoms with E-state index < -0.39 is 0 Å². The van der Waals surface area contributed by atoms with Crippen LogP contribution in [0.1, 0.15) is 12.5 Å². The number of carbonyl (C=O) groups is 1. The van der Waals surface area contributed by atoms with Gasteiger partial charge in [-0.3, -0.25) is 0 Å². The Bertz CT molecular complexity index is 545. The topological polar surface area (TPSA) is 58.8 Å². The molecule has 7 heteroatoms. The second kappa shape index (κ2) is 6.95. The first-order chi connectivity index (χ1) is 10.0. The molecule has 5 nitrogen and oxygen atoms in total. The fourth-order valence-electron chi connectivity index (χ4n) is 2.32. The fourth-order valence-corrected chi connectivity index (χ4v) is 2.66. The van der Waals surface area contributed by atoms with E-state index in [0.717, 1.165) is 11.3 Å². The zero-order valence-corrected chi connectivity index (χ0v) is 13.4. The van der Waals surface area contributed by atoms with E-state index in [1.807, 2.05) is 12.1 Å². The average molecular weight is 328 g/mol. The Morgan fingerprint density at radius 3 is 2.62 bits per heavy atom. The highest BCUT2D eigenvalue weighted by atomic mass is 35.5. The lowest BCUT2D eigenvalue weighted by atomic mass is 10.1. The Kier molecular flexibility index (Phi) is 5.25. The second-order valence-electron chi connectivity index (χ2n) is 4.70. The quantitative estimate of drug-likeness (QED) is 0.863. The van der Waals surface area contributed by atoms with Crippen LogP contribution in [-0.4, -0.2) is 48.8 Å². The number of thiocarbonyl (C=S) groups is 1. The summed E-state index contributed by atoms with van der Waals surface area (Å²) in [7, 11) is 0. The van der Waals surface area contributed by atoms with Gasteiger partial charge in [0.15, 0.2) is 0 Å². The molecule has 1 heterocycles. The Morgan fingerprint density at radius 2 is 2.05 bits per heavy atom. The van der Waals surface area contributed by atoms with Crippen molar-refractivity contribution in [2.45, 2.75) is 6.92 Å². The van der Waals surface area contributed by atoms with Crippen molar-refractivity contribution in [2.24, 2.45) is 5.73 Å². The van der Waals surface area contributed by atoms with Crippen LogP contribution in [-0.2, 0) is 4.74 Å². The summed E-state index contributed by atoms with van der Waals surface area (Å²) in [6, 6.07) is 5.46. The van der Waals surface area contributed by atoms with Crippen LogP contribution in [0, 0.1) is 0 Å². The molecule has 1 aliphatic rings. The average Bonchev–Trinajstić information content (AvgIpc) is 2.47. The smallest absolute Gasteiger partial charge is 0.409 e. The van der Waals surface area contributed by atoms with Crippen LogP contribution in [0.3, 0.4) is 0 Å². The number of rotatable bonds is 3. The molecule has 0 spiro atoms. The highest BCUT2D eigenvalue weighted by Crippen LogP contribution is 2.26. The number of hydrogen-bond acceptors (Lipinski definition) is 4. The maximum atomic E-state index is 11.7. The second-order valence-corrected chi connectivity index (χ2v) is 5.58. The van der Waals surface area contributed by atoms with Gasteiger partial charge in [0.2, 0.25) is 0 Å². The van der Waals surface area contributed by atoms with E-state index in [2.05, 4.69) is 4.90 Å². The Balaban J connectivity index is 2.10. The lowest BCUT2D eigenvalue weighted by molar-refractivity contribution is 0.105. The molecule has 0 aromatic heterocycles. The van der Waals surface area contributed by atoms with E-state index >= 15 is 0 Å². The van der Waals surface area contributed by atoms with Crippen molar-refractivity contribution < 1.29 is 9.53 Å². The minimum atomic E-state index is -0.266. The monoisotopic (exact) mass is 327 g/mol. The molecule has 1 amide bonds. The van der Waals surface area contributed by atoms with Gasteiger partial charge in [-0.2, -0.15) is 0 Å². The SMILES string of the molecule is CCOC(=O)N1CCN(c2cc(Cl)ccc2C(N)=S)CC1. The molecule has 1 saturated heterocycles. The molecule has 0 unspecified atom stereocenters. The number of piperazine rings is 1. The van der Waals surface area contributed by atoms with E-state index in [0.29, 0.717) is 42.8 Å². The molecule has 1 aliphatic heterocycles. The number of nitrogens with two attached hydrogens (primary N) is 1. The molecule has 1 aromatic carbocycles. The Labute approximate surface area is 134 Å². The number of carbonyl (C=O) groups excluding carboxylic acids is 1. The summed E-state index contributed by atoms with van der Waals surface area (Å²) in [6.45, 7) is 4.77. The van der Waals surface area contributed by atoms with Crippen LogP contribution in [0.15, 0.2) is 18.2 Å². The van der Waals surface area contributed by atoms with Crippen LogP contribution < -0.4 is 10.6 Å². The Hall–Kier alpha value is -1.53. The van der Waals surface area contributed by atoms with Gasteiger partial charge < -0.3 is 20.3 Å². The summed E-state index contributed by atoms with van der Waals surface area (Å²) >= 11 is 11.2. The van der Waals surface area contributed by atoms with Crippen LogP contribution in [0.2, 0.25) is 5.02 Å². The van der Waals surface area contributed by atoms with Crippen LogP contribution in [0.25, 0.3) is 0 Å². The van der Waals surface area contributed by atoms with Gasteiger partial charge in [-0.15, -0.1) is 0 Å². The van der Waals surface area contributed by atoms with E-state index in [1.54, 1.807) is 17.9 Å². The van der Waals surface area contributed by atoms with E-state index in [-0.39, 0.29) is 6.09 Å². The first kappa shape index (κ1) is 15.9. The van der Waals surface area contributed by atoms with Gasteiger partial charge in [-0.05, 0) is 25.1 Å². The minimum Gasteiger partial charge on any atom is -0.450 e. The molecule has 0 atom stereocenters. The van der Waals surface area contributed by atoms with E-state index in [1.165, 1.54) is 0 Å². The first-order valence-corrected chi connectivity index (χ1v) is 7.57. The summed E-state index contributed by atoms with van der Waals surface area (Å²) < 4.78 is 5.01. The maximum Gasteiger partial charge on any atom is 0.409 e. The van der Waals surface area contributed by atoms with Crippen molar-refractivity contribution in [1.82, 2.24) is 4.90 Å². The molecule has 114 valence electrons. The number of anilines is 1. The number of halogens is 1. The standard InChI is InChI=1S/C14H18ClN3O2S/c1-2-20-14(19)18-7-5-17(6-8-18)12-9-10(15)3-4-11(12)13(16)21/h3-4,9H,2,5-8H2,1H3,(H2,16,21). The zero-order chi connectivity index (χ0) is 15.4. The van der Waals surface area contributed by atoms with Gasteiger partial charge in [0.1, 0.15) is 4.99 Å². The van der Waals surface area contributed by atoms with Gasteiger partial charge in [0.05, 0.1) is 6.61 Å². The summed E-state index contributed by atoms with van der Waals surface area (Å²) in [5, 5.41) is 0.637. The lowest BCUT2D eigenvalue weighted by Gasteiger charge is -2.36. The Morgan fingerprint density at radius 1 is 1.38 bits per heavy atom. The van der Waals surface area contributed by atoms with Crippen LogP contribution in [0.4, 0.5) is 10.5 Å². The fraction of sp³-hybridized carbons (Fsp3) is 0.429. The number of amides is 1. The van der Waals surface area contributed by atoms with Crippen LogP contribution in [0.5, 0.6) is 0 Å². The first-order valence-electron chi connectivity index (χ1n) is 6.79. The van der Waals surface area contributed by atoms with Gasteiger partial charge in [0.25, 0.3) is 0 Å². The number of hydrogen-bond donors (Lipinski definition) is 1. The molecule has 21 heavy (non-hydrogen) atoms. The summed E-state index contributed by atoms with van der Waals surface area (Å²) in [5.74, 6) is 0.